The molecule has 2 aliphatic rings. The summed E-state index contributed by atoms with van der Waals surface area (Å²) < 4.78 is 11.9. The highest BCUT2D eigenvalue weighted by atomic mass is 16.5. The highest BCUT2D eigenvalue weighted by Crippen LogP contribution is 2.54. The van der Waals surface area contributed by atoms with E-state index in [1.165, 1.54) is 0 Å². The highest BCUT2D eigenvalue weighted by molar-refractivity contribution is 5.92. The second-order valence-corrected chi connectivity index (χ2v) is 8.32. The van der Waals surface area contributed by atoms with Crippen molar-refractivity contribution in [3.05, 3.63) is 53.1 Å². The van der Waals surface area contributed by atoms with Gasteiger partial charge in [-0.3, -0.25) is 0 Å². The van der Waals surface area contributed by atoms with E-state index in [0.717, 1.165) is 39.1 Å². The number of rotatable bonds is 3. The molecule has 0 radical (unpaired) electrons. The third-order valence-electron chi connectivity index (χ3n) is 5.47. The van der Waals surface area contributed by atoms with Crippen LogP contribution >= 0.6 is 0 Å². The fourth-order valence-corrected chi connectivity index (χ4v) is 4.40. The average molecular weight is 393 g/mol. The van der Waals surface area contributed by atoms with Crippen LogP contribution in [-0.2, 0) is 0 Å². The Morgan fingerprint density at radius 3 is 2.69 bits per heavy atom. The van der Waals surface area contributed by atoms with Crippen molar-refractivity contribution in [1.29, 1.82) is 0 Å². The molecule has 0 bridgehead atoms. The number of phenolic OH excluding ortho intramolecular Hbond substituents is 1. The van der Waals surface area contributed by atoms with E-state index in [1.807, 2.05) is 19.1 Å². The van der Waals surface area contributed by atoms with Gasteiger partial charge in [0.2, 0.25) is 0 Å². The molecule has 0 aliphatic carbocycles. The number of aromatic hydroxyl groups is 1. The van der Waals surface area contributed by atoms with Crippen molar-refractivity contribution in [2.24, 2.45) is 0 Å². The van der Waals surface area contributed by atoms with Gasteiger partial charge in [-0.15, -0.1) is 0 Å². The number of benzene rings is 2. The van der Waals surface area contributed by atoms with Crippen LogP contribution in [0.5, 0.6) is 17.2 Å². The van der Waals surface area contributed by atoms with Crippen LogP contribution in [0.4, 0.5) is 5.69 Å². The molecular formula is C24H27NO4. The second kappa shape index (κ2) is 6.85. The van der Waals surface area contributed by atoms with Gasteiger partial charge >= 0.3 is 0 Å². The molecule has 152 valence electrons. The Hall–Kier alpha value is -2.92. The zero-order valence-electron chi connectivity index (χ0n) is 17.5. The largest absolute Gasteiger partial charge is 0.504 e. The summed E-state index contributed by atoms with van der Waals surface area (Å²) in [6.45, 7) is 8.24. The van der Waals surface area contributed by atoms with Crippen LogP contribution in [0.15, 0.2) is 42.0 Å². The van der Waals surface area contributed by atoms with E-state index >= 15 is 0 Å². The molecule has 3 N–H and O–H groups in total. The zero-order valence-corrected chi connectivity index (χ0v) is 17.5. The van der Waals surface area contributed by atoms with Crippen molar-refractivity contribution in [3.63, 3.8) is 0 Å². The Kier molecular flexibility index (Phi) is 4.58. The SMILES string of the molecule is COc1c(O)ccc2c1-c1ccc3c(c1C(C=C(C)CO)O2)C(C)=CC(C)(C)N3. The maximum Gasteiger partial charge on any atom is 0.172 e. The molecule has 0 aromatic heterocycles. The number of nitrogens with one attached hydrogen (secondary N) is 1. The number of hydrogen-bond donors (Lipinski definition) is 3. The molecule has 0 spiro atoms. The maximum atomic E-state index is 10.4. The van der Waals surface area contributed by atoms with Crippen molar-refractivity contribution in [1.82, 2.24) is 0 Å². The number of methoxy groups -OCH3 is 1. The molecule has 0 saturated carbocycles. The Bertz CT molecular complexity index is 1050. The Balaban J connectivity index is 2.05. The normalized spacial score (nSPS) is 19.2. The maximum absolute atomic E-state index is 10.4. The zero-order chi connectivity index (χ0) is 20.9. The van der Waals surface area contributed by atoms with Crippen molar-refractivity contribution >= 4 is 11.3 Å². The summed E-state index contributed by atoms with van der Waals surface area (Å²) >= 11 is 0. The lowest BCUT2D eigenvalue weighted by molar-refractivity contribution is 0.245. The van der Waals surface area contributed by atoms with Crippen LogP contribution in [0.1, 0.15) is 44.9 Å². The molecule has 0 fully saturated rings. The molecule has 29 heavy (non-hydrogen) atoms. The van der Waals surface area contributed by atoms with Gasteiger partial charge < -0.3 is 25.0 Å². The Morgan fingerprint density at radius 1 is 1.24 bits per heavy atom. The molecule has 5 heteroatoms. The van der Waals surface area contributed by atoms with Crippen LogP contribution in [-0.4, -0.2) is 29.5 Å². The molecule has 4 rings (SSSR count). The van der Waals surface area contributed by atoms with Gasteiger partial charge in [-0.2, -0.15) is 0 Å². The smallest absolute Gasteiger partial charge is 0.172 e. The lowest BCUT2D eigenvalue weighted by Gasteiger charge is -2.37. The number of phenols is 1. The predicted molar refractivity (Wildman–Crippen MR) is 116 cm³/mol. The van der Waals surface area contributed by atoms with Crippen LogP contribution in [0, 0.1) is 0 Å². The van der Waals surface area contributed by atoms with Crippen molar-refractivity contribution in [2.45, 2.75) is 39.3 Å². The third kappa shape index (κ3) is 3.15. The van der Waals surface area contributed by atoms with Crippen LogP contribution in [0.2, 0.25) is 0 Å². The number of anilines is 1. The van der Waals surface area contributed by atoms with Gasteiger partial charge in [0.25, 0.3) is 0 Å². The second-order valence-electron chi connectivity index (χ2n) is 8.32. The number of allylic oxidation sites excluding steroid dienone is 1. The molecule has 1 unspecified atom stereocenters. The molecule has 5 nitrogen and oxygen atoms in total. The minimum absolute atomic E-state index is 0.0317. The molecule has 2 aromatic rings. The number of ether oxygens (including phenoxy) is 2. The summed E-state index contributed by atoms with van der Waals surface area (Å²) in [5, 5.41) is 23.5. The predicted octanol–water partition coefficient (Wildman–Crippen LogP) is 5.05. The van der Waals surface area contributed by atoms with E-state index < -0.39 is 0 Å². The third-order valence-corrected chi connectivity index (χ3v) is 5.47. The van der Waals surface area contributed by atoms with Gasteiger partial charge in [0.15, 0.2) is 11.5 Å². The van der Waals surface area contributed by atoms with Crippen LogP contribution in [0.3, 0.4) is 0 Å². The molecule has 2 aromatic carbocycles. The van der Waals surface area contributed by atoms with Gasteiger partial charge in [0.05, 0.1) is 24.8 Å². The summed E-state index contributed by atoms with van der Waals surface area (Å²) in [5.74, 6) is 1.12. The minimum atomic E-state index is -0.361. The van der Waals surface area contributed by atoms with Crippen molar-refractivity contribution in [2.75, 3.05) is 19.0 Å². The van der Waals surface area contributed by atoms with E-state index in [2.05, 4.69) is 38.2 Å². The summed E-state index contributed by atoms with van der Waals surface area (Å²) in [6, 6.07) is 7.46. The van der Waals surface area contributed by atoms with Crippen molar-refractivity contribution in [3.8, 4) is 28.4 Å². The standard InChI is InChI=1S/C24H27NO4/c1-13(12-26)10-19-21-15(22-18(29-19)9-8-17(27)23(22)28-5)6-7-16-20(21)14(2)11-24(3,4)25-16/h6-11,19,25-27H,12H2,1-5H3. The monoisotopic (exact) mass is 393 g/mol. The van der Waals surface area contributed by atoms with E-state index in [1.54, 1.807) is 19.2 Å². The lowest BCUT2D eigenvalue weighted by Crippen LogP contribution is -2.32. The van der Waals surface area contributed by atoms with Gasteiger partial charge in [-0.25, -0.2) is 0 Å². The van der Waals surface area contributed by atoms with Gasteiger partial charge in [0, 0.05) is 16.8 Å². The molecule has 2 aliphatic heterocycles. The Labute approximate surface area is 171 Å². The number of fused-ring (bicyclic) bond motifs is 5. The highest BCUT2D eigenvalue weighted by Gasteiger charge is 2.34. The molecule has 1 atom stereocenters. The van der Waals surface area contributed by atoms with Crippen LogP contribution in [0.25, 0.3) is 16.7 Å². The summed E-state index contributed by atoms with van der Waals surface area (Å²) in [6.07, 6.45) is 3.80. The van der Waals surface area contributed by atoms with Crippen molar-refractivity contribution < 1.29 is 19.7 Å². The minimum Gasteiger partial charge on any atom is -0.504 e. The van der Waals surface area contributed by atoms with Gasteiger partial charge in [-0.05, 0) is 68.7 Å². The van der Waals surface area contributed by atoms with Gasteiger partial charge in [-0.1, -0.05) is 12.1 Å². The first kappa shape index (κ1) is 19.4. The Morgan fingerprint density at radius 2 is 2.00 bits per heavy atom. The topological polar surface area (TPSA) is 71.0 Å². The fraction of sp³-hybridized carbons (Fsp3) is 0.333. The van der Waals surface area contributed by atoms with E-state index in [4.69, 9.17) is 9.47 Å². The molecule has 2 heterocycles. The molecular weight excluding hydrogens is 366 g/mol. The first-order valence-corrected chi connectivity index (χ1v) is 9.75. The first-order valence-electron chi connectivity index (χ1n) is 9.75. The van der Waals surface area contributed by atoms with E-state index in [0.29, 0.717) is 11.5 Å². The molecule has 0 amide bonds. The summed E-state index contributed by atoms with van der Waals surface area (Å²) in [7, 11) is 1.55. The quantitative estimate of drug-likeness (QED) is 0.637. The van der Waals surface area contributed by atoms with Gasteiger partial charge in [0.1, 0.15) is 11.9 Å². The lowest BCUT2D eigenvalue weighted by atomic mass is 9.81. The van der Waals surface area contributed by atoms with E-state index in [-0.39, 0.29) is 24.0 Å². The number of hydrogen-bond acceptors (Lipinski definition) is 5. The average Bonchev–Trinajstić information content (AvgIpc) is 2.66. The number of aliphatic hydroxyl groups is 1. The van der Waals surface area contributed by atoms with Crippen LogP contribution < -0.4 is 14.8 Å². The van der Waals surface area contributed by atoms with E-state index in [9.17, 15) is 10.2 Å². The first-order chi connectivity index (χ1) is 13.8. The summed E-state index contributed by atoms with van der Waals surface area (Å²) in [5.41, 5.74) is 6.67. The number of aliphatic hydroxyl groups excluding tert-OH is 1. The fourth-order valence-electron chi connectivity index (χ4n) is 4.40. The summed E-state index contributed by atoms with van der Waals surface area (Å²) in [4.78, 5) is 0. The molecule has 0 saturated heterocycles.